The molecule has 2 aromatic carbocycles. The molecule has 0 fully saturated rings. The summed E-state index contributed by atoms with van der Waals surface area (Å²) >= 11 is 7.21. The summed E-state index contributed by atoms with van der Waals surface area (Å²) in [6.45, 7) is 0.0180. The topological polar surface area (TPSA) is 63.2 Å². The van der Waals surface area contributed by atoms with Crippen molar-refractivity contribution >= 4 is 38.7 Å². The van der Waals surface area contributed by atoms with E-state index in [9.17, 15) is 13.2 Å². The summed E-state index contributed by atoms with van der Waals surface area (Å²) in [6, 6.07) is 18.9. The Morgan fingerprint density at radius 3 is 2.33 bits per heavy atom. The molecule has 0 aliphatic heterocycles. The lowest BCUT2D eigenvalue weighted by atomic mass is 10.1. The summed E-state index contributed by atoms with van der Waals surface area (Å²) in [4.78, 5) is 13.2. The third-order valence-electron chi connectivity index (χ3n) is 4.07. The molecule has 0 aliphatic rings. The zero-order chi connectivity index (χ0) is 19.3. The number of carbonyl (C=O) groups is 1. The molecule has 27 heavy (non-hydrogen) atoms. The molecule has 3 rings (SSSR count). The molecule has 140 valence electrons. The van der Waals surface area contributed by atoms with Crippen LogP contribution in [0.4, 0.5) is 0 Å². The Kier molecular flexibility index (Phi) is 6.31. The van der Waals surface area contributed by atoms with Crippen LogP contribution in [0.5, 0.6) is 0 Å². The molecule has 7 heteroatoms. The van der Waals surface area contributed by atoms with E-state index in [-0.39, 0.29) is 23.8 Å². The van der Waals surface area contributed by atoms with Gasteiger partial charge in [0.1, 0.15) is 5.25 Å². The zero-order valence-electron chi connectivity index (χ0n) is 14.3. The number of carbonyl (C=O) groups excluding carboxylic acids is 1. The molecule has 0 radical (unpaired) electrons. The van der Waals surface area contributed by atoms with Gasteiger partial charge in [-0.25, -0.2) is 8.42 Å². The fourth-order valence-electron chi connectivity index (χ4n) is 2.67. The first kappa shape index (κ1) is 19.6. The van der Waals surface area contributed by atoms with Gasteiger partial charge in [-0.2, -0.15) is 0 Å². The molecule has 1 atom stereocenters. The van der Waals surface area contributed by atoms with E-state index in [0.717, 1.165) is 5.56 Å². The molecule has 0 spiro atoms. The first-order valence-electron chi connectivity index (χ1n) is 8.30. The van der Waals surface area contributed by atoms with E-state index in [2.05, 4.69) is 5.32 Å². The van der Waals surface area contributed by atoms with Crippen LogP contribution in [-0.2, 0) is 21.1 Å². The van der Waals surface area contributed by atoms with Crippen molar-refractivity contribution in [1.29, 1.82) is 0 Å². The SMILES string of the molecule is O=C(Cc1ccc(Cl)cc1)NC[C@@H](c1cccs1)S(=O)(=O)c1ccccc1. The minimum absolute atomic E-state index is 0.0180. The Hall–Kier alpha value is -2.15. The van der Waals surface area contributed by atoms with Gasteiger partial charge in [0.25, 0.3) is 0 Å². The third-order valence-corrected chi connectivity index (χ3v) is 7.56. The molecule has 4 nitrogen and oxygen atoms in total. The van der Waals surface area contributed by atoms with Crippen LogP contribution in [0.1, 0.15) is 15.7 Å². The van der Waals surface area contributed by atoms with Crippen molar-refractivity contribution in [1.82, 2.24) is 5.32 Å². The smallest absolute Gasteiger partial charge is 0.224 e. The molecule has 0 saturated heterocycles. The van der Waals surface area contributed by atoms with Crippen LogP contribution in [0.25, 0.3) is 0 Å². The van der Waals surface area contributed by atoms with Gasteiger partial charge in [-0.1, -0.05) is 48.0 Å². The molecule has 0 saturated carbocycles. The number of thiophene rings is 1. The number of halogens is 1. The number of rotatable bonds is 7. The highest BCUT2D eigenvalue weighted by Crippen LogP contribution is 2.31. The molecular weight excluding hydrogens is 402 g/mol. The fraction of sp³-hybridized carbons (Fsp3) is 0.150. The van der Waals surface area contributed by atoms with Crippen molar-refractivity contribution < 1.29 is 13.2 Å². The second-order valence-corrected chi connectivity index (χ2v) is 9.52. The highest BCUT2D eigenvalue weighted by Gasteiger charge is 2.30. The normalized spacial score (nSPS) is 12.5. The number of amides is 1. The van der Waals surface area contributed by atoms with Crippen molar-refractivity contribution in [3.63, 3.8) is 0 Å². The van der Waals surface area contributed by atoms with Gasteiger partial charge in [0.15, 0.2) is 9.84 Å². The minimum Gasteiger partial charge on any atom is -0.354 e. The Labute approximate surface area is 167 Å². The molecule has 1 aromatic heterocycles. The summed E-state index contributed by atoms with van der Waals surface area (Å²) in [7, 11) is -3.62. The quantitative estimate of drug-likeness (QED) is 0.621. The van der Waals surface area contributed by atoms with Crippen LogP contribution < -0.4 is 5.32 Å². The summed E-state index contributed by atoms with van der Waals surface area (Å²) in [5.41, 5.74) is 0.815. The lowest BCUT2D eigenvalue weighted by Gasteiger charge is -2.17. The van der Waals surface area contributed by atoms with E-state index < -0.39 is 15.1 Å². The second kappa shape index (κ2) is 8.69. The third kappa shape index (κ3) is 4.97. The van der Waals surface area contributed by atoms with Crippen LogP contribution in [0.2, 0.25) is 5.02 Å². The average molecular weight is 420 g/mol. The van der Waals surface area contributed by atoms with Crippen molar-refractivity contribution in [2.75, 3.05) is 6.54 Å². The minimum atomic E-state index is -3.62. The van der Waals surface area contributed by atoms with Gasteiger partial charge >= 0.3 is 0 Å². The van der Waals surface area contributed by atoms with Crippen LogP contribution in [0.3, 0.4) is 0 Å². The van der Waals surface area contributed by atoms with Crippen molar-refractivity contribution in [2.24, 2.45) is 0 Å². The molecule has 1 N–H and O–H groups in total. The second-order valence-electron chi connectivity index (χ2n) is 5.97. The maximum absolute atomic E-state index is 13.1. The predicted octanol–water partition coefficient (Wildman–Crippen LogP) is 4.28. The molecule has 1 heterocycles. The highest BCUT2D eigenvalue weighted by atomic mass is 35.5. The number of nitrogens with one attached hydrogen (secondary N) is 1. The van der Waals surface area contributed by atoms with Crippen LogP contribution >= 0.6 is 22.9 Å². The maximum Gasteiger partial charge on any atom is 0.224 e. The average Bonchev–Trinajstić information content (AvgIpc) is 3.18. The van der Waals surface area contributed by atoms with Gasteiger partial charge in [0.2, 0.25) is 5.91 Å². The van der Waals surface area contributed by atoms with Crippen LogP contribution in [0, 0.1) is 0 Å². The number of hydrogen-bond acceptors (Lipinski definition) is 4. The Morgan fingerprint density at radius 1 is 1.00 bits per heavy atom. The Balaban J connectivity index is 1.75. The van der Waals surface area contributed by atoms with Gasteiger partial charge in [0.05, 0.1) is 11.3 Å². The first-order chi connectivity index (χ1) is 13.0. The predicted molar refractivity (Wildman–Crippen MR) is 109 cm³/mol. The number of hydrogen-bond donors (Lipinski definition) is 1. The lowest BCUT2D eigenvalue weighted by Crippen LogP contribution is -2.32. The number of benzene rings is 2. The van der Waals surface area contributed by atoms with Gasteiger partial charge < -0.3 is 5.32 Å². The van der Waals surface area contributed by atoms with Crippen LogP contribution in [0.15, 0.2) is 77.0 Å². The summed E-state index contributed by atoms with van der Waals surface area (Å²) in [5.74, 6) is -0.234. The summed E-state index contributed by atoms with van der Waals surface area (Å²) in [6.07, 6.45) is 0.166. The fourth-order valence-corrected chi connectivity index (χ4v) is 5.60. The van der Waals surface area contributed by atoms with E-state index in [4.69, 9.17) is 11.6 Å². The lowest BCUT2D eigenvalue weighted by molar-refractivity contribution is -0.120. The van der Waals surface area contributed by atoms with E-state index in [1.54, 1.807) is 60.7 Å². The number of sulfone groups is 1. The molecule has 0 unspecified atom stereocenters. The molecule has 1 amide bonds. The standard InChI is InChI=1S/C20H18ClNO3S2/c21-16-10-8-15(9-11-16)13-20(23)22-14-19(18-7-4-12-26-18)27(24,25)17-5-2-1-3-6-17/h1-12,19H,13-14H2,(H,22,23)/t19-/m0/s1. The van der Waals surface area contributed by atoms with E-state index in [1.165, 1.54) is 11.3 Å². The molecule has 3 aromatic rings. The van der Waals surface area contributed by atoms with Gasteiger partial charge in [-0.3, -0.25) is 4.79 Å². The molecule has 0 bridgehead atoms. The maximum atomic E-state index is 13.1. The van der Waals surface area contributed by atoms with Gasteiger partial charge in [-0.15, -0.1) is 11.3 Å². The largest absolute Gasteiger partial charge is 0.354 e. The van der Waals surface area contributed by atoms with Gasteiger partial charge in [0, 0.05) is 16.4 Å². The first-order valence-corrected chi connectivity index (χ1v) is 11.1. The van der Waals surface area contributed by atoms with Crippen molar-refractivity contribution in [3.8, 4) is 0 Å². The zero-order valence-corrected chi connectivity index (χ0v) is 16.7. The van der Waals surface area contributed by atoms with Crippen molar-refractivity contribution in [3.05, 3.63) is 87.6 Å². The Morgan fingerprint density at radius 2 is 1.70 bits per heavy atom. The summed E-state index contributed by atoms with van der Waals surface area (Å²) < 4.78 is 26.2. The monoisotopic (exact) mass is 419 g/mol. The van der Waals surface area contributed by atoms with E-state index >= 15 is 0 Å². The van der Waals surface area contributed by atoms with E-state index in [1.807, 2.05) is 11.4 Å². The molecule has 0 aliphatic carbocycles. The van der Waals surface area contributed by atoms with Crippen LogP contribution in [-0.4, -0.2) is 20.9 Å². The molecular formula is C20H18ClNO3S2. The summed E-state index contributed by atoms with van der Waals surface area (Å²) in [5, 5.41) is 4.38. The van der Waals surface area contributed by atoms with E-state index in [0.29, 0.717) is 9.90 Å². The van der Waals surface area contributed by atoms with Gasteiger partial charge in [-0.05, 0) is 41.3 Å². The van der Waals surface area contributed by atoms with Crippen molar-refractivity contribution in [2.45, 2.75) is 16.6 Å². The Bertz CT molecular complexity index is 985. The highest BCUT2D eigenvalue weighted by molar-refractivity contribution is 7.91.